The molecule has 1 fully saturated rings. The molecular formula is C11H25Cl2N3O. The van der Waals surface area contributed by atoms with Gasteiger partial charge in [0.15, 0.2) is 0 Å². The fraction of sp³-hybridized carbons (Fsp3) is 0.909. The van der Waals surface area contributed by atoms with Gasteiger partial charge in [-0.25, -0.2) is 0 Å². The van der Waals surface area contributed by atoms with Crippen molar-refractivity contribution in [3.05, 3.63) is 0 Å². The van der Waals surface area contributed by atoms with E-state index in [1.807, 2.05) is 14.0 Å². The highest BCUT2D eigenvalue weighted by atomic mass is 35.5. The first kappa shape index (κ1) is 19.3. The van der Waals surface area contributed by atoms with E-state index in [4.69, 9.17) is 0 Å². The van der Waals surface area contributed by atoms with Crippen LogP contribution in [0.25, 0.3) is 0 Å². The van der Waals surface area contributed by atoms with Crippen LogP contribution in [0, 0.1) is 5.92 Å². The van der Waals surface area contributed by atoms with Gasteiger partial charge in [0.1, 0.15) is 0 Å². The number of nitrogens with one attached hydrogen (secondary N) is 2. The van der Waals surface area contributed by atoms with Crippen molar-refractivity contribution in [3.63, 3.8) is 0 Å². The summed E-state index contributed by atoms with van der Waals surface area (Å²) >= 11 is 0. The quantitative estimate of drug-likeness (QED) is 0.789. The van der Waals surface area contributed by atoms with Gasteiger partial charge in [0, 0.05) is 25.0 Å². The average molecular weight is 286 g/mol. The highest BCUT2D eigenvalue weighted by Gasteiger charge is 2.21. The fourth-order valence-electron chi connectivity index (χ4n) is 2.03. The summed E-state index contributed by atoms with van der Waals surface area (Å²) in [5.41, 5.74) is 0. The Morgan fingerprint density at radius 2 is 2.12 bits per heavy atom. The molecule has 0 aromatic rings. The predicted molar refractivity (Wildman–Crippen MR) is 76.2 cm³/mol. The lowest BCUT2D eigenvalue weighted by Crippen LogP contribution is -2.41. The van der Waals surface area contributed by atoms with E-state index in [1.54, 1.807) is 0 Å². The van der Waals surface area contributed by atoms with E-state index in [0.717, 1.165) is 19.6 Å². The number of likely N-dealkylation sites (N-methyl/N-ethyl adjacent to an activating group) is 1. The van der Waals surface area contributed by atoms with Crippen LogP contribution in [-0.4, -0.2) is 50.6 Å². The maximum atomic E-state index is 11.6. The molecular weight excluding hydrogens is 261 g/mol. The summed E-state index contributed by atoms with van der Waals surface area (Å²) in [4.78, 5) is 13.9. The monoisotopic (exact) mass is 285 g/mol. The van der Waals surface area contributed by atoms with Gasteiger partial charge in [-0.05, 0) is 33.5 Å². The summed E-state index contributed by atoms with van der Waals surface area (Å²) < 4.78 is 0. The number of carbonyl (C=O) groups is 1. The van der Waals surface area contributed by atoms with E-state index >= 15 is 0 Å². The zero-order valence-corrected chi connectivity index (χ0v) is 12.5. The number of nitrogens with zero attached hydrogens (tertiary/aromatic N) is 1. The molecule has 0 aromatic carbocycles. The van der Waals surface area contributed by atoms with Gasteiger partial charge in [-0.15, -0.1) is 24.8 Å². The molecule has 1 aliphatic heterocycles. The Bertz CT molecular complexity index is 217. The Labute approximate surface area is 117 Å². The van der Waals surface area contributed by atoms with Crippen LogP contribution in [0.3, 0.4) is 0 Å². The summed E-state index contributed by atoms with van der Waals surface area (Å²) in [6, 6.07) is 0.538. The second kappa shape index (κ2) is 9.95. The maximum Gasteiger partial charge on any atom is 0.224 e. The number of halogens is 2. The van der Waals surface area contributed by atoms with E-state index in [0.29, 0.717) is 6.04 Å². The van der Waals surface area contributed by atoms with Gasteiger partial charge in [-0.3, -0.25) is 4.79 Å². The summed E-state index contributed by atoms with van der Waals surface area (Å²) in [6.07, 6.45) is 2.46. The SMILES string of the molecule is CNCC(C)C(=O)NCC1CCCN1C.Cl.Cl. The van der Waals surface area contributed by atoms with Crippen molar-refractivity contribution in [1.82, 2.24) is 15.5 Å². The van der Waals surface area contributed by atoms with Gasteiger partial charge in [-0.1, -0.05) is 6.92 Å². The molecule has 0 bridgehead atoms. The summed E-state index contributed by atoms with van der Waals surface area (Å²) in [6.45, 7) is 4.65. The molecule has 0 aromatic heterocycles. The summed E-state index contributed by atoms with van der Waals surface area (Å²) in [5, 5.41) is 6.03. The van der Waals surface area contributed by atoms with E-state index in [1.165, 1.54) is 12.8 Å². The normalized spacial score (nSPS) is 21.2. The number of hydrogen-bond acceptors (Lipinski definition) is 3. The van der Waals surface area contributed by atoms with Crippen LogP contribution in [-0.2, 0) is 4.79 Å². The molecule has 1 heterocycles. The van der Waals surface area contributed by atoms with Crippen LogP contribution in [0.1, 0.15) is 19.8 Å². The van der Waals surface area contributed by atoms with Gasteiger partial charge >= 0.3 is 0 Å². The third kappa shape index (κ3) is 6.46. The number of likely N-dealkylation sites (tertiary alicyclic amines) is 1. The van der Waals surface area contributed by atoms with Crippen molar-refractivity contribution >= 4 is 30.7 Å². The van der Waals surface area contributed by atoms with Crippen molar-refractivity contribution in [3.8, 4) is 0 Å². The third-order valence-corrected chi connectivity index (χ3v) is 3.14. The van der Waals surface area contributed by atoms with Gasteiger partial charge in [0.25, 0.3) is 0 Å². The lowest BCUT2D eigenvalue weighted by atomic mass is 10.1. The number of rotatable bonds is 5. The predicted octanol–water partition coefficient (Wildman–Crippen LogP) is 0.896. The first-order valence-electron chi connectivity index (χ1n) is 5.77. The topological polar surface area (TPSA) is 44.4 Å². The molecule has 2 N–H and O–H groups in total. The molecule has 1 aliphatic rings. The second-order valence-electron chi connectivity index (χ2n) is 4.48. The van der Waals surface area contributed by atoms with E-state index in [2.05, 4.69) is 22.6 Å². The number of amides is 1. The molecule has 1 amide bonds. The summed E-state index contributed by atoms with van der Waals surface area (Å²) in [5.74, 6) is 0.214. The minimum absolute atomic E-state index is 0. The van der Waals surface area contributed by atoms with Gasteiger partial charge in [0.05, 0.1) is 0 Å². The smallest absolute Gasteiger partial charge is 0.224 e. The Balaban J connectivity index is 0. The largest absolute Gasteiger partial charge is 0.354 e. The molecule has 1 rings (SSSR count). The van der Waals surface area contributed by atoms with Crippen LogP contribution < -0.4 is 10.6 Å². The lowest BCUT2D eigenvalue weighted by Gasteiger charge is -2.20. The zero-order chi connectivity index (χ0) is 11.3. The molecule has 6 heteroatoms. The molecule has 17 heavy (non-hydrogen) atoms. The Morgan fingerprint density at radius 3 is 2.59 bits per heavy atom. The average Bonchev–Trinajstić information content (AvgIpc) is 2.61. The Kier molecular flexibility index (Phi) is 11.3. The van der Waals surface area contributed by atoms with E-state index in [-0.39, 0.29) is 36.6 Å². The van der Waals surface area contributed by atoms with Crippen LogP contribution >= 0.6 is 24.8 Å². The molecule has 1 saturated heterocycles. The van der Waals surface area contributed by atoms with Crippen molar-refractivity contribution in [1.29, 1.82) is 0 Å². The van der Waals surface area contributed by atoms with Gasteiger partial charge in [0.2, 0.25) is 5.91 Å². The fourth-order valence-corrected chi connectivity index (χ4v) is 2.03. The van der Waals surface area contributed by atoms with Crippen molar-refractivity contribution in [2.24, 2.45) is 5.92 Å². The van der Waals surface area contributed by atoms with Crippen LogP contribution in [0.5, 0.6) is 0 Å². The number of carbonyl (C=O) groups excluding carboxylic acids is 1. The molecule has 2 unspecified atom stereocenters. The summed E-state index contributed by atoms with van der Waals surface area (Å²) in [7, 11) is 4.00. The van der Waals surface area contributed by atoms with Crippen LogP contribution in [0.15, 0.2) is 0 Å². The first-order valence-corrected chi connectivity index (χ1v) is 5.77. The van der Waals surface area contributed by atoms with Crippen molar-refractivity contribution < 1.29 is 4.79 Å². The molecule has 0 aliphatic carbocycles. The third-order valence-electron chi connectivity index (χ3n) is 3.14. The lowest BCUT2D eigenvalue weighted by molar-refractivity contribution is -0.124. The standard InChI is InChI=1S/C11H23N3O.2ClH/c1-9(7-12-2)11(15)13-8-10-5-4-6-14(10)3;;/h9-10,12H,4-8H2,1-3H3,(H,13,15);2*1H. The van der Waals surface area contributed by atoms with Crippen LogP contribution in [0.4, 0.5) is 0 Å². The molecule has 0 radical (unpaired) electrons. The van der Waals surface area contributed by atoms with Crippen LogP contribution in [0.2, 0.25) is 0 Å². The Morgan fingerprint density at radius 1 is 1.47 bits per heavy atom. The van der Waals surface area contributed by atoms with Gasteiger partial charge < -0.3 is 15.5 Å². The maximum absolute atomic E-state index is 11.6. The first-order chi connectivity index (χ1) is 7.15. The molecule has 2 atom stereocenters. The molecule has 104 valence electrons. The minimum Gasteiger partial charge on any atom is -0.354 e. The zero-order valence-electron chi connectivity index (χ0n) is 10.9. The van der Waals surface area contributed by atoms with Gasteiger partial charge in [-0.2, -0.15) is 0 Å². The van der Waals surface area contributed by atoms with Crippen molar-refractivity contribution in [2.75, 3.05) is 33.7 Å². The minimum atomic E-state index is 0. The molecule has 0 spiro atoms. The molecule has 0 saturated carbocycles. The number of hydrogen-bond donors (Lipinski definition) is 2. The van der Waals surface area contributed by atoms with E-state index in [9.17, 15) is 4.79 Å². The highest BCUT2D eigenvalue weighted by Crippen LogP contribution is 2.13. The second-order valence-corrected chi connectivity index (χ2v) is 4.48. The Hall–Kier alpha value is -0.0300. The highest BCUT2D eigenvalue weighted by molar-refractivity contribution is 5.85. The van der Waals surface area contributed by atoms with E-state index < -0.39 is 0 Å². The molecule has 4 nitrogen and oxygen atoms in total. The van der Waals surface area contributed by atoms with Crippen molar-refractivity contribution in [2.45, 2.75) is 25.8 Å².